The maximum atomic E-state index is 12.9. The molecule has 9 heteroatoms. The van der Waals surface area contributed by atoms with Crippen LogP contribution in [0.25, 0.3) is 0 Å². The van der Waals surface area contributed by atoms with Crippen LogP contribution >= 0.6 is 0 Å². The molecule has 3 aliphatic carbocycles. The van der Waals surface area contributed by atoms with E-state index in [0.717, 1.165) is 36.8 Å². The number of fused-ring (bicyclic) bond motifs is 5. The van der Waals surface area contributed by atoms with Gasteiger partial charge in [-0.25, -0.2) is 18.4 Å². The Bertz CT molecular complexity index is 1270. The lowest BCUT2D eigenvalue weighted by Crippen LogP contribution is -2.45. The van der Waals surface area contributed by atoms with E-state index >= 15 is 0 Å². The zero-order valence-electron chi connectivity index (χ0n) is 18.9. The largest absolute Gasteiger partial charge is 0.504 e. The van der Waals surface area contributed by atoms with Crippen LogP contribution in [0.5, 0.6) is 17.2 Å². The standard InChI is InChI=1S/C25H29NO7S/c1-25-10-9-17-16(6-5-13-12-19(27)22(28)23(29)21(13)17)18(25)7-8-20(25)33-24(30)14-3-2-4-15(11-14)34(26,31)32/h2-4,11-12,16-18,20,27-29H,5-10H2,1H3,(H2,26,31,32)/t16?,17?,18?,20-,25-/m0/s1. The smallest absolute Gasteiger partial charge is 0.338 e. The summed E-state index contributed by atoms with van der Waals surface area (Å²) in [6, 6.07) is 7.13. The van der Waals surface area contributed by atoms with Crippen molar-refractivity contribution in [2.24, 2.45) is 22.4 Å². The first-order valence-electron chi connectivity index (χ1n) is 11.6. The van der Waals surface area contributed by atoms with Gasteiger partial charge in [-0.15, -0.1) is 0 Å². The number of nitrogens with two attached hydrogens (primary N) is 1. The minimum atomic E-state index is -3.93. The van der Waals surface area contributed by atoms with E-state index in [4.69, 9.17) is 9.88 Å². The molecule has 182 valence electrons. The van der Waals surface area contributed by atoms with Gasteiger partial charge in [0, 0.05) is 11.0 Å². The Morgan fingerprint density at radius 2 is 1.85 bits per heavy atom. The van der Waals surface area contributed by atoms with Crippen molar-refractivity contribution in [2.75, 3.05) is 0 Å². The number of ether oxygens (including phenoxy) is 1. The number of hydrogen-bond acceptors (Lipinski definition) is 7. The molecule has 5 rings (SSSR count). The molecule has 2 aromatic carbocycles. The van der Waals surface area contributed by atoms with E-state index in [1.807, 2.05) is 0 Å². The summed E-state index contributed by atoms with van der Waals surface area (Å²) in [5.41, 5.74) is 1.54. The first kappa shape index (κ1) is 23.0. The van der Waals surface area contributed by atoms with Crippen LogP contribution in [-0.4, -0.2) is 35.8 Å². The third kappa shape index (κ3) is 3.53. The number of carbonyl (C=O) groups excluding carboxylic acids is 1. The van der Waals surface area contributed by atoms with E-state index < -0.39 is 21.7 Å². The topological polar surface area (TPSA) is 147 Å². The molecule has 0 bridgehead atoms. The van der Waals surface area contributed by atoms with Crippen LogP contribution in [0.2, 0.25) is 0 Å². The Hall–Kier alpha value is -2.78. The van der Waals surface area contributed by atoms with Gasteiger partial charge in [-0.1, -0.05) is 13.0 Å². The fourth-order valence-corrected chi connectivity index (χ4v) is 7.41. The number of aryl methyl sites for hydroxylation is 1. The molecule has 3 aliphatic rings. The van der Waals surface area contributed by atoms with Gasteiger partial charge in [0.1, 0.15) is 6.10 Å². The van der Waals surface area contributed by atoms with E-state index in [9.17, 15) is 28.5 Å². The summed E-state index contributed by atoms with van der Waals surface area (Å²) in [4.78, 5) is 12.8. The molecule has 2 aromatic rings. The number of primary sulfonamides is 1. The number of phenolic OH excluding ortho intramolecular Hbond substituents is 3. The molecule has 2 fully saturated rings. The predicted molar refractivity (Wildman–Crippen MR) is 123 cm³/mol. The van der Waals surface area contributed by atoms with Gasteiger partial charge < -0.3 is 20.1 Å². The zero-order chi connectivity index (χ0) is 24.4. The minimum Gasteiger partial charge on any atom is -0.504 e. The van der Waals surface area contributed by atoms with Crippen molar-refractivity contribution in [2.45, 2.75) is 62.4 Å². The Morgan fingerprint density at radius 1 is 1.09 bits per heavy atom. The number of phenols is 3. The molecular formula is C25H29NO7S. The fraction of sp³-hybridized carbons (Fsp3) is 0.480. The van der Waals surface area contributed by atoms with Crippen LogP contribution < -0.4 is 5.14 Å². The molecule has 3 unspecified atom stereocenters. The van der Waals surface area contributed by atoms with E-state index in [0.29, 0.717) is 12.8 Å². The first-order chi connectivity index (χ1) is 16.0. The number of benzene rings is 2. The molecule has 0 radical (unpaired) electrons. The normalized spacial score (nSPS) is 30.2. The Labute approximate surface area is 198 Å². The maximum absolute atomic E-state index is 12.9. The lowest BCUT2D eigenvalue weighted by Gasteiger charge is -2.50. The van der Waals surface area contributed by atoms with E-state index in [-0.39, 0.29) is 51.2 Å². The monoisotopic (exact) mass is 487 g/mol. The predicted octanol–water partition coefficient (Wildman–Crippen LogP) is 3.53. The number of aromatic hydroxyl groups is 3. The van der Waals surface area contributed by atoms with Gasteiger partial charge in [0.25, 0.3) is 0 Å². The lowest BCUT2D eigenvalue weighted by molar-refractivity contribution is -0.0430. The zero-order valence-corrected chi connectivity index (χ0v) is 19.7. The average Bonchev–Trinajstić information content (AvgIpc) is 3.13. The van der Waals surface area contributed by atoms with Gasteiger partial charge in [0.15, 0.2) is 11.5 Å². The Balaban J connectivity index is 1.38. The van der Waals surface area contributed by atoms with E-state index in [1.165, 1.54) is 24.3 Å². The molecule has 5 atom stereocenters. The number of sulfonamides is 1. The number of rotatable bonds is 3. The van der Waals surface area contributed by atoms with Crippen molar-refractivity contribution in [3.05, 3.63) is 47.0 Å². The van der Waals surface area contributed by atoms with E-state index in [1.54, 1.807) is 6.07 Å². The van der Waals surface area contributed by atoms with Crippen LogP contribution in [0, 0.1) is 17.3 Å². The van der Waals surface area contributed by atoms with Crippen molar-refractivity contribution in [1.82, 2.24) is 0 Å². The molecule has 34 heavy (non-hydrogen) atoms. The van der Waals surface area contributed by atoms with Gasteiger partial charge in [-0.05, 0) is 86.1 Å². The fourth-order valence-electron chi connectivity index (χ4n) is 6.85. The maximum Gasteiger partial charge on any atom is 0.338 e. The lowest BCUT2D eigenvalue weighted by atomic mass is 9.55. The van der Waals surface area contributed by atoms with E-state index in [2.05, 4.69) is 6.92 Å². The second-order valence-electron chi connectivity index (χ2n) is 10.2. The molecule has 2 saturated carbocycles. The average molecular weight is 488 g/mol. The molecule has 0 aliphatic heterocycles. The second kappa shape index (κ2) is 7.88. The van der Waals surface area contributed by atoms with Gasteiger partial charge in [0.05, 0.1) is 10.5 Å². The summed E-state index contributed by atoms with van der Waals surface area (Å²) in [6.45, 7) is 2.16. The molecule has 0 amide bonds. The minimum absolute atomic E-state index is 0.0780. The molecule has 0 spiro atoms. The summed E-state index contributed by atoms with van der Waals surface area (Å²) in [7, 11) is -3.93. The SMILES string of the molecule is C[C@]12CCC3c4c(cc(O)c(O)c4O)CCC3C1CC[C@@H]2OC(=O)c1cccc(S(N)(=O)=O)c1. The Morgan fingerprint density at radius 3 is 2.59 bits per heavy atom. The highest BCUT2D eigenvalue weighted by molar-refractivity contribution is 7.89. The number of carbonyl (C=O) groups is 1. The van der Waals surface area contributed by atoms with Gasteiger partial charge >= 0.3 is 5.97 Å². The van der Waals surface area contributed by atoms with Crippen molar-refractivity contribution >= 4 is 16.0 Å². The molecule has 5 N–H and O–H groups in total. The molecule has 0 saturated heterocycles. The first-order valence-corrected chi connectivity index (χ1v) is 13.2. The van der Waals surface area contributed by atoms with Crippen LogP contribution in [0.3, 0.4) is 0 Å². The summed E-state index contributed by atoms with van der Waals surface area (Å²) >= 11 is 0. The van der Waals surface area contributed by atoms with Crippen molar-refractivity contribution in [3.8, 4) is 17.2 Å². The van der Waals surface area contributed by atoms with Crippen LogP contribution in [0.15, 0.2) is 35.2 Å². The quantitative estimate of drug-likeness (QED) is 0.382. The molecule has 0 aromatic heterocycles. The van der Waals surface area contributed by atoms with Crippen molar-refractivity contribution < 1.29 is 33.3 Å². The highest BCUT2D eigenvalue weighted by Crippen LogP contribution is 2.63. The molecule has 0 heterocycles. The summed E-state index contributed by atoms with van der Waals surface area (Å²) < 4.78 is 29.3. The number of esters is 1. The third-order valence-electron chi connectivity index (χ3n) is 8.49. The highest BCUT2D eigenvalue weighted by Gasteiger charge is 2.56. The third-order valence-corrected chi connectivity index (χ3v) is 9.41. The highest BCUT2D eigenvalue weighted by atomic mass is 32.2. The summed E-state index contributed by atoms with van der Waals surface area (Å²) in [6.07, 6.45) is 4.46. The van der Waals surface area contributed by atoms with Crippen molar-refractivity contribution in [3.63, 3.8) is 0 Å². The van der Waals surface area contributed by atoms with Gasteiger partial charge in [0.2, 0.25) is 15.8 Å². The van der Waals surface area contributed by atoms with Gasteiger partial charge in [-0.2, -0.15) is 0 Å². The van der Waals surface area contributed by atoms with Gasteiger partial charge in [-0.3, -0.25) is 0 Å². The van der Waals surface area contributed by atoms with Crippen LogP contribution in [0.4, 0.5) is 0 Å². The van der Waals surface area contributed by atoms with Crippen LogP contribution in [-0.2, 0) is 21.2 Å². The Kier molecular flexibility index (Phi) is 5.33. The summed E-state index contributed by atoms with van der Waals surface area (Å²) in [5.74, 6) is -0.911. The molecular weight excluding hydrogens is 458 g/mol. The summed E-state index contributed by atoms with van der Waals surface area (Å²) in [5, 5.41) is 35.8. The number of hydrogen-bond donors (Lipinski definition) is 4. The molecule has 8 nitrogen and oxygen atoms in total. The van der Waals surface area contributed by atoms with Crippen molar-refractivity contribution in [1.29, 1.82) is 0 Å². The second-order valence-corrected chi connectivity index (χ2v) is 11.7. The van der Waals surface area contributed by atoms with Crippen LogP contribution in [0.1, 0.15) is 66.4 Å².